The molecular weight excluding hydrogens is 863 g/mol. The average Bonchev–Trinajstić information content (AvgIpc) is 4.25. The summed E-state index contributed by atoms with van der Waals surface area (Å²) >= 11 is 0. The van der Waals surface area contributed by atoms with Crippen molar-refractivity contribution < 1.29 is 13.3 Å². The summed E-state index contributed by atoms with van der Waals surface area (Å²) in [5.74, 6) is 0. The van der Waals surface area contributed by atoms with Crippen molar-refractivity contribution in [1.82, 2.24) is 13.7 Å². The first-order valence-corrected chi connectivity index (χ1v) is 23.2. The van der Waals surface area contributed by atoms with Crippen molar-refractivity contribution in [3.05, 3.63) is 199 Å². The van der Waals surface area contributed by atoms with Crippen LogP contribution in [0.25, 0.3) is 148 Å². The predicted molar refractivity (Wildman–Crippen MR) is 281 cm³/mol. The first kappa shape index (κ1) is 37.1. The van der Waals surface area contributed by atoms with E-state index in [1.807, 2.05) is 91.0 Å². The summed E-state index contributed by atoms with van der Waals surface area (Å²) in [7, 11) is 0. The van der Waals surface area contributed by atoms with Crippen molar-refractivity contribution in [2.45, 2.75) is 0 Å². The van der Waals surface area contributed by atoms with Crippen LogP contribution in [0.3, 0.4) is 0 Å². The van der Waals surface area contributed by atoms with Crippen LogP contribution >= 0.6 is 0 Å². The van der Waals surface area contributed by atoms with Gasteiger partial charge in [0.15, 0.2) is 0 Å². The van der Waals surface area contributed by atoms with E-state index in [-0.39, 0.29) is 0 Å². The smallest absolute Gasteiger partial charge is 0.137 e. The summed E-state index contributed by atoms with van der Waals surface area (Å²) in [4.78, 5) is 0. The van der Waals surface area contributed by atoms with Crippen LogP contribution in [0.2, 0.25) is 0 Å². The molecule has 0 aliphatic carbocycles. The number of hydrogen-bond donors (Lipinski definition) is 0. The minimum absolute atomic E-state index is 0.378. The Labute approximate surface area is 395 Å². The molecule has 0 spiro atoms. The van der Waals surface area contributed by atoms with Crippen molar-refractivity contribution in [2.75, 3.05) is 0 Å². The molecule has 0 aliphatic heterocycles. The number of fused-ring (bicyclic) bond motifs is 18. The summed E-state index contributed by atoms with van der Waals surface area (Å²) in [6, 6.07) is 69.4. The van der Waals surface area contributed by atoms with Crippen molar-refractivity contribution in [1.29, 1.82) is 10.5 Å². The second-order valence-corrected chi connectivity index (χ2v) is 18.2. The Morgan fingerprint density at radius 3 is 1.06 bits per heavy atom. The number of para-hydroxylation sites is 6. The normalized spacial score (nSPS) is 12.3. The van der Waals surface area contributed by atoms with Crippen molar-refractivity contribution >= 4 is 131 Å². The van der Waals surface area contributed by atoms with Gasteiger partial charge in [-0.2, -0.15) is 10.5 Å². The third-order valence-corrected chi connectivity index (χ3v) is 14.7. The Morgan fingerprint density at radius 2 is 0.643 bits per heavy atom. The molecular formula is C62H31N5O3. The molecule has 0 unspecified atom stereocenters. The van der Waals surface area contributed by atoms with Gasteiger partial charge < -0.3 is 27.0 Å². The highest BCUT2D eigenvalue weighted by Gasteiger charge is 2.30. The fourth-order valence-electron chi connectivity index (χ4n) is 11.8. The molecule has 0 aliphatic rings. The molecule has 0 atom stereocenters. The molecule has 6 aromatic heterocycles. The molecule has 8 heteroatoms. The highest BCUT2D eigenvalue weighted by Crippen LogP contribution is 2.47. The molecule has 6 heterocycles. The summed E-state index contributed by atoms with van der Waals surface area (Å²) in [6.45, 7) is 0. The van der Waals surface area contributed by atoms with Crippen LogP contribution < -0.4 is 0 Å². The molecule has 0 saturated carbocycles. The highest BCUT2D eigenvalue weighted by molar-refractivity contribution is 6.21. The maximum absolute atomic E-state index is 12.1. The lowest BCUT2D eigenvalue weighted by Crippen LogP contribution is -2.12. The number of nitriles is 2. The largest absolute Gasteiger partial charge is 0.456 e. The van der Waals surface area contributed by atoms with Gasteiger partial charge in [0.2, 0.25) is 0 Å². The Hall–Kier alpha value is -10.0. The van der Waals surface area contributed by atoms with Crippen LogP contribution in [0.1, 0.15) is 11.1 Å². The lowest BCUT2D eigenvalue weighted by Gasteiger charge is -2.22. The van der Waals surface area contributed by atoms with E-state index in [0.717, 1.165) is 131 Å². The standard InChI is InChI=1S/C62H31N5O3/c63-32-34-25-51(65-48-19-7-1-13-35(48)41-26-44-38-16-4-10-22-55(38)68-58(44)29-52(41)65)47(33-64)62(67-50-21-9-3-15-37(50)43-28-46-40-18-6-12-24-57(40)70-60(46)31-54(43)67)61(34)66-49-20-8-2-14-36(49)42-27-45-39-17-5-11-23-56(39)69-59(45)30-53(42)66/h1-31H. The van der Waals surface area contributed by atoms with Gasteiger partial charge in [0, 0.05) is 82.8 Å². The number of furan rings is 3. The van der Waals surface area contributed by atoms with Crippen LogP contribution in [-0.4, -0.2) is 13.7 Å². The topological polar surface area (TPSA) is 102 Å². The van der Waals surface area contributed by atoms with E-state index in [9.17, 15) is 10.5 Å². The minimum atomic E-state index is 0.378. The first-order chi connectivity index (χ1) is 34.6. The maximum Gasteiger partial charge on any atom is 0.137 e. The highest BCUT2D eigenvalue weighted by atomic mass is 16.3. The zero-order valence-electron chi connectivity index (χ0n) is 36.9. The number of nitrogens with zero attached hydrogens (tertiary/aromatic N) is 5. The zero-order valence-corrected chi connectivity index (χ0v) is 36.9. The van der Waals surface area contributed by atoms with Crippen LogP contribution in [-0.2, 0) is 0 Å². The molecule has 10 aromatic carbocycles. The number of aromatic nitrogens is 3. The van der Waals surface area contributed by atoms with E-state index in [1.54, 1.807) is 0 Å². The van der Waals surface area contributed by atoms with Crippen molar-refractivity contribution in [3.8, 4) is 29.2 Å². The Bertz CT molecular complexity index is 5110. The van der Waals surface area contributed by atoms with Crippen LogP contribution in [0, 0.1) is 22.7 Å². The summed E-state index contributed by atoms with van der Waals surface area (Å²) < 4.78 is 26.2. The third-order valence-electron chi connectivity index (χ3n) is 14.7. The SMILES string of the molecule is N#Cc1cc(-n2c3ccccc3c3cc4c(cc32)oc2ccccc24)c(C#N)c(-n2c3ccccc3c3cc4c(cc32)oc2ccccc24)c1-n1c2ccccc2c2cc3c(cc21)oc1ccccc13. The summed E-state index contributed by atoms with van der Waals surface area (Å²) in [5.41, 5.74) is 12.2. The second kappa shape index (κ2) is 13.3. The van der Waals surface area contributed by atoms with E-state index < -0.39 is 0 Å². The van der Waals surface area contributed by atoms with Gasteiger partial charge in [0.1, 0.15) is 51.2 Å². The molecule has 0 radical (unpaired) electrons. The molecule has 0 fully saturated rings. The fourth-order valence-corrected chi connectivity index (χ4v) is 11.8. The quantitative estimate of drug-likeness (QED) is 0.176. The fraction of sp³-hybridized carbons (Fsp3) is 0. The van der Waals surface area contributed by atoms with Crippen LogP contribution in [0.5, 0.6) is 0 Å². The lowest BCUT2D eigenvalue weighted by atomic mass is 10.0. The second-order valence-electron chi connectivity index (χ2n) is 18.2. The van der Waals surface area contributed by atoms with E-state index >= 15 is 0 Å². The molecule has 16 aromatic rings. The van der Waals surface area contributed by atoms with E-state index in [0.29, 0.717) is 28.2 Å². The van der Waals surface area contributed by atoms with Gasteiger partial charge in [0.05, 0.1) is 55.7 Å². The molecule has 0 bridgehead atoms. The molecule has 16 rings (SSSR count). The maximum atomic E-state index is 12.1. The van der Waals surface area contributed by atoms with Gasteiger partial charge in [-0.05, 0) is 60.7 Å². The Kier molecular flexibility index (Phi) is 7.06. The first-order valence-electron chi connectivity index (χ1n) is 23.2. The average molecular weight is 894 g/mol. The van der Waals surface area contributed by atoms with Gasteiger partial charge in [-0.1, -0.05) is 109 Å². The van der Waals surface area contributed by atoms with Gasteiger partial charge in [-0.3, -0.25) is 0 Å². The van der Waals surface area contributed by atoms with Crippen molar-refractivity contribution in [3.63, 3.8) is 0 Å². The van der Waals surface area contributed by atoms with Gasteiger partial charge in [0.25, 0.3) is 0 Å². The number of benzene rings is 10. The van der Waals surface area contributed by atoms with E-state index in [1.165, 1.54) is 0 Å². The lowest BCUT2D eigenvalue weighted by molar-refractivity contribution is 0.669. The Balaban J connectivity index is 1.12. The van der Waals surface area contributed by atoms with Crippen molar-refractivity contribution in [2.24, 2.45) is 0 Å². The van der Waals surface area contributed by atoms with E-state index in [4.69, 9.17) is 13.3 Å². The van der Waals surface area contributed by atoms with Crippen LogP contribution in [0.4, 0.5) is 0 Å². The number of rotatable bonds is 3. The monoisotopic (exact) mass is 893 g/mol. The molecule has 0 saturated heterocycles. The van der Waals surface area contributed by atoms with Gasteiger partial charge in [-0.25, -0.2) is 0 Å². The number of hydrogen-bond acceptors (Lipinski definition) is 5. The Morgan fingerprint density at radius 1 is 0.286 bits per heavy atom. The summed E-state index contributed by atoms with van der Waals surface area (Å²) in [6.07, 6.45) is 0. The zero-order chi connectivity index (χ0) is 45.9. The molecule has 8 nitrogen and oxygen atoms in total. The molecule has 0 N–H and O–H groups in total. The van der Waals surface area contributed by atoms with Crippen LogP contribution in [0.15, 0.2) is 201 Å². The summed E-state index contributed by atoms with van der Waals surface area (Å²) in [5, 5.41) is 36.0. The van der Waals surface area contributed by atoms with E-state index in [2.05, 4.69) is 123 Å². The molecule has 70 heavy (non-hydrogen) atoms. The van der Waals surface area contributed by atoms with Gasteiger partial charge in [-0.15, -0.1) is 0 Å². The molecule has 322 valence electrons. The predicted octanol–water partition coefficient (Wildman–Crippen LogP) is 16.4. The van der Waals surface area contributed by atoms with Gasteiger partial charge >= 0.3 is 0 Å². The minimum Gasteiger partial charge on any atom is -0.456 e. The third kappa shape index (κ3) is 4.71. The molecule has 0 amide bonds.